The van der Waals surface area contributed by atoms with E-state index in [0.29, 0.717) is 17.9 Å². The van der Waals surface area contributed by atoms with Crippen molar-refractivity contribution in [2.24, 2.45) is 0 Å². The third-order valence-electron chi connectivity index (χ3n) is 5.18. The van der Waals surface area contributed by atoms with Crippen molar-refractivity contribution in [3.63, 3.8) is 0 Å². The van der Waals surface area contributed by atoms with E-state index >= 15 is 0 Å². The molecular weight excluding hydrogens is 416 g/mol. The van der Waals surface area contributed by atoms with Crippen LogP contribution in [0.1, 0.15) is 29.7 Å². The van der Waals surface area contributed by atoms with Crippen LogP contribution >= 0.6 is 11.6 Å². The molecule has 2 aromatic carbocycles. The Bertz CT molecular complexity index is 859. The number of benzene rings is 2. The van der Waals surface area contributed by atoms with Crippen LogP contribution in [-0.2, 0) is 10.5 Å². The molecule has 1 aliphatic rings. The number of hydrogen-bond donors (Lipinski definition) is 6. The van der Waals surface area contributed by atoms with Crippen LogP contribution in [0.2, 0.25) is 5.02 Å². The first-order chi connectivity index (χ1) is 14.2. The summed E-state index contributed by atoms with van der Waals surface area (Å²) in [7, 11) is 0. The van der Waals surface area contributed by atoms with Gasteiger partial charge in [-0.15, -0.1) is 0 Å². The van der Waals surface area contributed by atoms with Gasteiger partial charge in [-0.3, -0.25) is 0 Å². The molecule has 0 saturated carbocycles. The molecule has 164 valence electrons. The van der Waals surface area contributed by atoms with Crippen LogP contribution in [-0.4, -0.2) is 68.3 Å². The Morgan fingerprint density at radius 1 is 1.10 bits per heavy atom. The fourth-order valence-corrected chi connectivity index (χ4v) is 3.68. The Kier molecular flexibility index (Phi) is 7.01. The van der Waals surface area contributed by atoms with Gasteiger partial charge in [0.1, 0.15) is 36.3 Å². The summed E-state index contributed by atoms with van der Waals surface area (Å²) in [5.41, 5.74) is 0.728. The van der Waals surface area contributed by atoms with Gasteiger partial charge in [-0.25, -0.2) is 0 Å². The van der Waals surface area contributed by atoms with Gasteiger partial charge in [0.15, 0.2) is 0 Å². The maximum absolute atomic E-state index is 11.0. The van der Waals surface area contributed by atoms with Gasteiger partial charge in [-0.05, 0) is 36.8 Å². The minimum Gasteiger partial charge on any atom is -0.494 e. The van der Waals surface area contributed by atoms with Gasteiger partial charge in [-0.1, -0.05) is 29.8 Å². The summed E-state index contributed by atoms with van der Waals surface area (Å²) in [5, 5.41) is 61.7. The van der Waals surface area contributed by atoms with Crippen LogP contribution in [0.4, 0.5) is 0 Å². The molecule has 0 radical (unpaired) electrons. The van der Waals surface area contributed by atoms with E-state index in [1.54, 1.807) is 24.3 Å². The molecule has 8 nitrogen and oxygen atoms in total. The minimum atomic E-state index is -2.44. The molecule has 2 aromatic rings. The molecule has 0 amide bonds. The molecule has 0 aliphatic carbocycles. The van der Waals surface area contributed by atoms with Crippen molar-refractivity contribution in [2.75, 3.05) is 13.2 Å². The van der Waals surface area contributed by atoms with Gasteiger partial charge < -0.3 is 40.1 Å². The normalized spacial score (nSPS) is 30.1. The number of hydrogen-bond acceptors (Lipinski definition) is 8. The molecule has 1 saturated heterocycles. The van der Waals surface area contributed by atoms with Crippen molar-refractivity contribution in [3.8, 4) is 5.75 Å². The third kappa shape index (κ3) is 4.18. The summed E-state index contributed by atoms with van der Waals surface area (Å²) >= 11 is 6.25. The van der Waals surface area contributed by atoms with Gasteiger partial charge in [0.2, 0.25) is 5.79 Å². The van der Waals surface area contributed by atoms with Crippen molar-refractivity contribution in [2.45, 2.75) is 43.2 Å². The number of ether oxygens (including phenoxy) is 2. The zero-order valence-electron chi connectivity index (χ0n) is 16.2. The predicted octanol–water partition coefficient (Wildman–Crippen LogP) is 0.439. The van der Waals surface area contributed by atoms with E-state index in [-0.39, 0.29) is 16.1 Å². The van der Waals surface area contributed by atoms with Crippen LogP contribution in [0.25, 0.3) is 0 Å². The second kappa shape index (κ2) is 9.17. The molecule has 1 fully saturated rings. The topological polar surface area (TPSA) is 140 Å². The number of aliphatic hydroxyl groups excluding tert-OH is 5. The molecule has 6 N–H and O–H groups in total. The summed E-state index contributed by atoms with van der Waals surface area (Å²) < 4.78 is 10.7. The Balaban J connectivity index is 1.96. The SMILES string of the molecule is CCOc1ccc(C(O)c2cc([C@]3(O)O[C@H](CO)[C@@H](O)[C@H](O)[C@H]3O)ccc2Cl)cc1. The molecule has 6 atom stereocenters. The predicted molar refractivity (Wildman–Crippen MR) is 107 cm³/mol. The number of aliphatic hydroxyl groups is 6. The lowest BCUT2D eigenvalue weighted by molar-refractivity contribution is -0.357. The monoisotopic (exact) mass is 440 g/mol. The van der Waals surface area contributed by atoms with Gasteiger partial charge in [-0.2, -0.15) is 0 Å². The highest BCUT2D eigenvalue weighted by Gasteiger charge is 2.53. The lowest BCUT2D eigenvalue weighted by atomic mass is 9.87. The Morgan fingerprint density at radius 3 is 2.37 bits per heavy atom. The van der Waals surface area contributed by atoms with Crippen molar-refractivity contribution in [3.05, 3.63) is 64.2 Å². The van der Waals surface area contributed by atoms with E-state index in [2.05, 4.69) is 0 Å². The lowest BCUT2D eigenvalue weighted by Gasteiger charge is -2.45. The maximum atomic E-state index is 11.0. The summed E-state index contributed by atoms with van der Waals surface area (Å²) in [6, 6.07) is 10.8. The average molecular weight is 441 g/mol. The van der Waals surface area contributed by atoms with Crippen molar-refractivity contribution < 1.29 is 40.1 Å². The average Bonchev–Trinajstić information content (AvgIpc) is 2.75. The van der Waals surface area contributed by atoms with Crippen LogP contribution in [0, 0.1) is 0 Å². The van der Waals surface area contributed by atoms with E-state index in [1.165, 1.54) is 18.2 Å². The summed E-state index contributed by atoms with van der Waals surface area (Å²) in [6.07, 6.45) is -7.76. The first kappa shape index (κ1) is 22.9. The lowest BCUT2D eigenvalue weighted by Crippen LogP contribution is -2.63. The highest BCUT2D eigenvalue weighted by Crippen LogP contribution is 2.39. The van der Waals surface area contributed by atoms with Gasteiger partial charge in [0.05, 0.1) is 13.2 Å². The van der Waals surface area contributed by atoms with E-state index in [4.69, 9.17) is 21.1 Å². The summed E-state index contributed by atoms with van der Waals surface area (Å²) in [5.74, 6) is -1.80. The molecule has 9 heteroatoms. The number of rotatable bonds is 6. The summed E-state index contributed by atoms with van der Waals surface area (Å²) in [6.45, 7) is 1.67. The van der Waals surface area contributed by atoms with Crippen LogP contribution in [0.3, 0.4) is 0 Å². The van der Waals surface area contributed by atoms with E-state index in [1.807, 2.05) is 6.92 Å². The van der Waals surface area contributed by atoms with E-state index in [0.717, 1.165) is 0 Å². The maximum Gasteiger partial charge on any atom is 0.222 e. The van der Waals surface area contributed by atoms with Gasteiger partial charge >= 0.3 is 0 Å². The number of halogens is 1. The molecule has 1 unspecified atom stereocenters. The summed E-state index contributed by atoms with van der Waals surface area (Å²) in [4.78, 5) is 0. The van der Waals surface area contributed by atoms with Crippen LogP contribution in [0.5, 0.6) is 5.75 Å². The second-order valence-corrected chi connectivity index (χ2v) is 7.51. The standard InChI is InChI=1S/C21H25ClO8/c1-2-29-13-6-3-11(4-7-13)17(24)14-9-12(5-8-15(14)22)21(28)20(27)19(26)18(25)16(10-23)30-21/h3-9,16-20,23-28H,2,10H2,1H3/t16-,17?,18-,19+,20-,21+/m1/s1. The minimum absolute atomic E-state index is 0.0104. The quantitative estimate of drug-likeness (QED) is 0.380. The Labute approximate surface area is 178 Å². The van der Waals surface area contributed by atoms with Crippen LogP contribution < -0.4 is 4.74 Å². The fourth-order valence-electron chi connectivity index (χ4n) is 3.46. The van der Waals surface area contributed by atoms with Crippen molar-refractivity contribution in [1.29, 1.82) is 0 Å². The zero-order valence-corrected chi connectivity index (χ0v) is 17.0. The first-order valence-corrected chi connectivity index (χ1v) is 9.86. The van der Waals surface area contributed by atoms with Gasteiger partial charge in [0.25, 0.3) is 0 Å². The van der Waals surface area contributed by atoms with E-state index in [9.17, 15) is 30.6 Å². The molecule has 3 rings (SSSR count). The molecule has 30 heavy (non-hydrogen) atoms. The molecular formula is C21H25ClO8. The Hall–Kier alpha value is -1.75. The molecule has 0 bridgehead atoms. The van der Waals surface area contributed by atoms with Crippen molar-refractivity contribution >= 4 is 11.6 Å². The van der Waals surface area contributed by atoms with E-state index < -0.39 is 42.9 Å². The fraction of sp³-hybridized carbons (Fsp3) is 0.429. The van der Waals surface area contributed by atoms with Crippen molar-refractivity contribution in [1.82, 2.24) is 0 Å². The Morgan fingerprint density at radius 2 is 1.77 bits per heavy atom. The first-order valence-electron chi connectivity index (χ1n) is 9.49. The highest BCUT2D eigenvalue weighted by molar-refractivity contribution is 6.31. The third-order valence-corrected chi connectivity index (χ3v) is 5.52. The van der Waals surface area contributed by atoms with Crippen LogP contribution in [0.15, 0.2) is 42.5 Å². The largest absolute Gasteiger partial charge is 0.494 e. The molecule has 1 aliphatic heterocycles. The zero-order chi connectivity index (χ0) is 22.1. The highest BCUT2D eigenvalue weighted by atomic mass is 35.5. The smallest absolute Gasteiger partial charge is 0.222 e. The molecule has 1 heterocycles. The van der Waals surface area contributed by atoms with Gasteiger partial charge in [0, 0.05) is 16.1 Å². The molecule has 0 spiro atoms. The second-order valence-electron chi connectivity index (χ2n) is 7.10. The molecule has 0 aromatic heterocycles.